The number of nitrogens with one attached hydrogen (secondary N) is 2. The van der Waals surface area contributed by atoms with E-state index in [0.29, 0.717) is 5.82 Å². The topological polar surface area (TPSA) is 53.6 Å². The van der Waals surface area contributed by atoms with Gasteiger partial charge in [-0.05, 0) is 19.1 Å². The van der Waals surface area contributed by atoms with Gasteiger partial charge in [0, 0.05) is 12.4 Å². The molecule has 102 valence electrons. The fourth-order valence-corrected chi connectivity index (χ4v) is 1.75. The number of alkyl halides is 3. The molecule has 2 aromatic rings. The molecule has 0 aliphatic heterocycles. The molecule has 0 bridgehead atoms. The molecule has 0 aliphatic carbocycles. The number of halogens is 4. The van der Waals surface area contributed by atoms with Gasteiger partial charge in [-0.2, -0.15) is 13.2 Å². The van der Waals surface area contributed by atoms with Crippen LogP contribution in [0.15, 0.2) is 24.5 Å². The third-order valence-corrected chi connectivity index (χ3v) is 2.61. The molecule has 2 rings (SSSR count). The molecule has 4 nitrogen and oxygen atoms in total. The van der Waals surface area contributed by atoms with Crippen LogP contribution in [0, 0.1) is 0 Å². The predicted octanol–water partition coefficient (Wildman–Crippen LogP) is 3.65. The van der Waals surface area contributed by atoms with E-state index in [1.54, 1.807) is 19.3 Å². The van der Waals surface area contributed by atoms with E-state index in [-0.39, 0.29) is 17.0 Å². The summed E-state index contributed by atoms with van der Waals surface area (Å²) in [7, 11) is 0. The Kier molecular flexibility index (Phi) is 3.66. The van der Waals surface area contributed by atoms with Crippen molar-refractivity contribution in [1.29, 1.82) is 0 Å². The van der Waals surface area contributed by atoms with E-state index in [4.69, 9.17) is 11.6 Å². The van der Waals surface area contributed by atoms with Crippen LogP contribution < -0.4 is 5.32 Å². The number of aromatic amines is 1. The summed E-state index contributed by atoms with van der Waals surface area (Å²) in [5.41, 5.74) is -0.846. The minimum Gasteiger partial charge on any atom is -0.360 e. The Morgan fingerprint density at radius 3 is 2.68 bits per heavy atom. The van der Waals surface area contributed by atoms with Crippen molar-refractivity contribution >= 4 is 17.4 Å². The highest BCUT2D eigenvalue weighted by atomic mass is 35.5. The Bertz CT molecular complexity index is 554. The zero-order chi connectivity index (χ0) is 14.0. The largest absolute Gasteiger partial charge is 0.416 e. The molecular formula is C11H10ClF3N4. The molecule has 0 saturated heterocycles. The van der Waals surface area contributed by atoms with Gasteiger partial charge in [0.1, 0.15) is 16.8 Å². The highest BCUT2D eigenvalue weighted by molar-refractivity contribution is 6.29. The van der Waals surface area contributed by atoms with Crippen LogP contribution in [-0.2, 0) is 6.18 Å². The second-order valence-electron chi connectivity index (χ2n) is 3.90. The molecule has 0 aromatic carbocycles. The molecule has 2 heterocycles. The van der Waals surface area contributed by atoms with E-state index >= 15 is 0 Å². The summed E-state index contributed by atoms with van der Waals surface area (Å²) in [5, 5.41) is 2.59. The monoisotopic (exact) mass is 290 g/mol. The van der Waals surface area contributed by atoms with Crippen molar-refractivity contribution in [3.05, 3.63) is 41.1 Å². The SMILES string of the molecule is CC(Nc1cc(C(F)(F)F)cc(Cl)n1)c1ncc[nH]1. The number of aromatic nitrogens is 3. The third kappa shape index (κ3) is 3.37. The van der Waals surface area contributed by atoms with Crippen molar-refractivity contribution in [3.8, 4) is 0 Å². The molecule has 0 spiro atoms. The summed E-state index contributed by atoms with van der Waals surface area (Å²) in [4.78, 5) is 10.7. The summed E-state index contributed by atoms with van der Waals surface area (Å²) >= 11 is 5.59. The van der Waals surface area contributed by atoms with Gasteiger partial charge in [-0.25, -0.2) is 9.97 Å². The Morgan fingerprint density at radius 1 is 1.37 bits per heavy atom. The average Bonchev–Trinajstić information content (AvgIpc) is 2.80. The minimum atomic E-state index is -4.46. The lowest BCUT2D eigenvalue weighted by Gasteiger charge is -2.14. The highest BCUT2D eigenvalue weighted by Crippen LogP contribution is 2.32. The van der Waals surface area contributed by atoms with Crippen LogP contribution >= 0.6 is 11.6 Å². The molecule has 0 radical (unpaired) electrons. The number of hydrogen-bond donors (Lipinski definition) is 2. The first-order valence-electron chi connectivity index (χ1n) is 5.37. The second-order valence-corrected chi connectivity index (χ2v) is 4.29. The van der Waals surface area contributed by atoms with Crippen LogP contribution in [0.2, 0.25) is 5.15 Å². The summed E-state index contributed by atoms with van der Waals surface area (Å²) < 4.78 is 37.9. The first kappa shape index (κ1) is 13.7. The van der Waals surface area contributed by atoms with Crippen LogP contribution in [0.25, 0.3) is 0 Å². The van der Waals surface area contributed by atoms with Gasteiger partial charge in [-0.1, -0.05) is 11.6 Å². The van der Waals surface area contributed by atoms with Gasteiger partial charge in [0.2, 0.25) is 0 Å². The zero-order valence-electron chi connectivity index (χ0n) is 9.79. The summed E-state index contributed by atoms with van der Waals surface area (Å²) in [6, 6.07) is 1.37. The van der Waals surface area contributed by atoms with Crippen molar-refractivity contribution < 1.29 is 13.2 Å². The normalized spacial score (nSPS) is 13.3. The molecule has 0 saturated carbocycles. The van der Waals surface area contributed by atoms with Gasteiger partial charge in [-0.15, -0.1) is 0 Å². The Morgan fingerprint density at radius 2 is 2.11 bits per heavy atom. The van der Waals surface area contributed by atoms with E-state index in [0.717, 1.165) is 12.1 Å². The highest BCUT2D eigenvalue weighted by Gasteiger charge is 2.31. The molecule has 19 heavy (non-hydrogen) atoms. The van der Waals surface area contributed by atoms with Crippen LogP contribution in [-0.4, -0.2) is 15.0 Å². The number of H-pyrrole nitrogens is 1. The first-order valence-corrected chi connectivity index (χ1v) is 5.74. The van der Waals surface area contributed by atoms with Crippen molar-refractivity contribution in [2.24, 2.45) is 0 Å². The van der Waals surface area contributed by atoms with Gasteiger partial charge in [0.15, 0.2) is 0 Å². The lowest BCUT2D eigenvalue weighted by atomic mass is 10.2. The van der Waals surface area contributed by atoms with Crippen molar-refractivity contribution in [3.63, 3.8) is 0 Å². The smallest absolute Gasteiger partial charge is 0.360 e. The number of nitrogens with zero attached hydrogens (tertiary/aromatic N) is 2. The summed E-state index contributed by atoms with van der Waals surface area (Å²) in [6.45, 7) is 1.74. The van der Waals surface area contributed by atoms with Gasteiger partial charge in [-0.3, -0.25) is 0 Å². The Hall–Kier alpha value is -1.76. The van der Waals surface area contributed by atoms with Gasteiger partial charge in [0.05, 0.1) is 11.6 Å². The lowest BCUT2D eigenvalue weighted by Crippen LogP contribution is -2.12. The number of imidazole rings is 1. The molecule has 0 amide bonds. The summed E-state index contributed by atoms with van der Waals surface area (Å²) in [6.07, 6.45) is -1.28. The molecule has 1 atom stereocenters. The standard InChI is InChI=1S/C11H10ClF3N4/c1-6(10-16-2-3-17-10)18-9-5-7(11(13,14)15)4-8(12)19-9/h2-6H,1H3,(H,16,17)(H,18,19). The lowest BCUT2D eigenvalue weighted by molar-refractivity contribution is -0.137. The molecule has 0 aliphatic rings. The van der Waals surface area contributed by atoms with Gasteiger partial charge in [0.25, 0.3) is 0 Å². The number of pyridine rings is 1. The molecule has 0 fully saturated rings. The average molecular weight is 291 g/mol. The Labute approximate surface area is 112 Å². The second kappa shape index (κ2) is 5.08. The van der Waals surface area contributed by atoms with Gasteiger partial charge >= 0.3 is 6.18 Å². The van der Waals surface area contributed by atoms with Crippen molar-refractivity contribution in [2.75, 3.05) is 5.32 Å². The van der Waals surface area contributed by atoms with Crippen LogP contribution in [0.3, 0.4) is 0 Å². The van der Waals surface area contributed by atoms with Crippen molar-refractivity contribution in [1.82, 2.24) is 15.0 Å². The molecule has 8 heteroatoms. The van der Waals surface area contributed by atoms with Gasteiger partial charge < -0.3 is 10.3 Å². The quantitative estimate of drug-likeness (QED) is 0.848. The molecule has 2 N–H and O–H groups in total. The van der Waals surface area contributed by atoms with E-state index in [1.165, 1.54) is 0 Å². The van der Waals surface area contributed by atoms with E-state index < -0.39 is 11.7 Å². The zero-order valence-corrected chi connectivity index (χ0v) is 10.5. The fraction of sp³-hybridized carbons (Fsp3) is 0.273. The predicted molar refractivity (Wildman–Crippen MR) is 64.9 cm³/mol. The maximum Gasteiger partial charge on any atom is 0.416 e. The number of hydrogen-bond acceptors (Lipinski definition) is 3. The van der Waals surface area contributed by atoms with E-state index in [2.05, 4.69) is 20.3 Å². The minimum absolute atomic E-state index is 0.0451. The van der Waals surface area contributed by atoms with Crippen LogP contribution in [0.4, 0.5) is 19.0 Å². The molecular weight excluding hydrogens is 281 g/mol. The third-order valence-electron chi connectivity index (χ3n) is 2.42. The number of rotatable bonds is 3. The Balaban J connectivity index is 2.23. The van der Waals surface area contributed by atoms with E-state index in [1.807, 2.05) is 0 Å². The maximum atomic E-state index is 12.6. The van der Waals surface area contributed by atoms with Crippen LogP contribution in [0.1, 0.15) is 24.4 Å². The molecule has 1 unspecified atom stereocenters. The maximum absolute atomic E-state index is 12.6. The van der Waals surface area contributed by atoms with Crippen LogP contribution in [0.5, 0.6) is 0 Å². The first-order chi connectivity index (χ1) is 8.86. The number of anilines is 1. The van der Waals surface area contributed by atoms with Crippen molar-refractivity contribution in [2.45, 2.75) is 19.1 Å². The fourth-order valence-electron chi connectivity index (χ4n) is 1.54. The molecule has 2 aromatic heterocycles. The van der Waals surface area contributed by atoms with E-state index in [9.17, 15) is 13.2 Å². The summed E-state index contributed by atoms with van der Waals surface area (Å²) in [5.74, 6) is 0.638.